The van der Waals surface area contributed by atoms with Crippen molar-refractivity contribution in [1.82, 2.24) is 4.90 Å². The minimum Gasteiger partial charge on any atom is -0.377 e. The fourth-order valence-corrected chi connectivity index (χ4v) is 2.54. The highest BCUT2D eigenvalue weighted by Gasteiger charge is 2.44. The lowest BCUT2D eigenvalue weighted by molar-refractivity contribution is -0.144. The molecule has 98 valence electrons. The van der Waals surface area contributed by atoms with Crippen LogP contribution in [0.15, 0.2) is 0 Å². The zero-order valence-electron chi connectivity index (χ0n) is 9.70. The average molecular weight is 248 g/mol. The summed E-state index contributed by atoms with van der Waals surface area (Å²) in [4.78, 5) is 13.8. The number of carbonyl (C=O) groups is 1. The largest absolute Gasteiger partial charge is 0.377 e. The fourth-order valence-electron chi connectivity index (χ4n) is 2.54. The highest BCUT2D eigenvalue weighted by molar-refractivity contribution is 5.79. The van der Waals surface area contributed by atoms with Gasteiger partial charge in [-0.3, -0.25) is 4.79 Å². The molecule has 0 bridgehead atoms. The first-order valence-corrected chi connectivity index (χ1v) is 5.99. The Morgan fingerprint density at radius 3 is 2.88 bits per heavy atom. The predicted molar refractivity (Wildman–Crippen MR) is 57.7 cm³/mol. The number of ether oxygens (including phenoxy) is 1. The number of rotatable bonds is 2. The monoisotopic (exact) mass is 248 g/mol. The molecule has 1 saturated heterocycles. The summed E-state index contributed by atoms with van der Waals surface area (Å²) in [6.07, 6.45) is -0.220. The lowest BCUT2D eigenvalue weighted by atomic mass is 10.0. The van der Waals surface area contributed by atoms with Crippen LogP contribution in [0.4, 0.5) is 8.78 Å². The molecular weight excluding hydrogens is 230 g/mol. The van der Waals surface area contributed by atoms with Crippen molar-refractivity contribution in [1.29, 1.82) is 0 Å². The number of alkyl halides is 2. The van der Waals surface area contributed by atoms with Crippen LogP contribution < -0.4 is 5.73 Å². The molecule has 4 nitrogen and oxygen atoms in total. The Bertz CT molecular complexity index is 299. The van der Waals surface area contributed by atoms with E-state index in [0.29, 0.717) is 26.3 Å². The van der Waals surface area contributed by atoms with Gasteiger partial charge >= 0.3 is 0 Å². The van der Waals surface area contributed by atoms with Crippen LogP contribution in [-0.4, -0.2) is 49.1 Å². The maximum Gasteiger partial charge on any atom is 0.248 e. The van der Waals surface area contributed by atoms with Crippen LogP contribution >= 0.6 is 0 Å². The van der Waals surface area contributed by atoms with Crippen molar-refractivity contribution in [3.63, 3.8) is 0 Å². The molecule has 1 aliphatic carbocycles. The molecule has 0 radical (unpaired) electrons. The highest BCUT2D eigenvalue weighted by atomic mass is 19.3. The lowest BCUT2D eigenvalue weighted by Gasteiger charge is -2.36. The standard InChI is InChI=1S/C11H18F2N2O2/c12-11(13)2-1-8(5-11)10(16)15-3-4-17-7-9(15)6-14/h8-9H,1-7,14H2. The first-order chi connectivity index (χ1) is 8.03. The molecule has 2 fully saturated rings. The summed E-state index contributed by atoms with van der Waals surface area (Å²) in [7, 11) is 0. The normalized spacial score (nSPS) is 32.8. The Morgan fingerprint density at radius 1 is 1.53 bits per heavy atom. The molecule has 17 heavy (non-hydrogen) atoms. The van der Waals surface area contributed by atoms with E-state index in [4.69, 9.17) is 10.5 Å². The van der Waals surface area contributed by atoms with Crippen molar-refractivity contribution in [2.75, 3.05) is 26.3 Å². The van der Waals surface area contributed by atoms with Crippen LogP contribution in [0.2, 0.25) is 0 Å². The molecule has 0 spiro atoms. The first kappa shape index (κ1) is 12.7. The minimum atomic E-state index is -2.68. The van der Waals surface area contributed by atoms with Crippen molar-refractivity contribution in [2.24, 2.45) is 11.7 Å². The molecule has 0 aromatic heterocycles. The van der Waals surface area contributed by atoms with E-state index in [1.807, 2.05) is 0 Å². The Labute approximate surface area is 99.1 Å². The maximum absolute atomic E-state index is 13.1. The van der Waals surface area contributed by atoms with E-state index in [1.54, 1.807) is 4.90 Å². The van der Waals surface area contributed by atoms with E-state index >= 15 is 0 Å². The second-order valence-electron chi connectivity index (χ2n) is 4.79. The van der Waals surface area contributed by atoms with Crippen LogP contribution in [0, 0.1) is 5.92 Å². The molecule has 1 saturated carbocycles. The molecule has 1 aliphatic heterocycles. The predicted octanol–water partition coefficient (Wildman–Crippen LogP) is 0.608. The smallest absolute Gasteiger partial charge is 0.248 e. The summed E-state index contributed by atoms with van der Waals surface area (Å²) >= 11 is 0. The Kier molecular flexibility index (Phi) is 3.63. The Morgan fingerprint density at radius 2 is 2.29 bits per heavy atom. The third kappa shape index (κ3) is 2.74. The van der Waals surface area contributed by atoms with Gasteiger partial charge in [0.25, 0.3) is 0 Å². The van der Waals surface area contributed by atoms with E-state index in [2.05, 4.69) is 0 Å². The fraction of sp³-hybridized carbons (Fsp3) is 0.909. The molecule has 1 amide bonds. The number of hydrogen-bond donors (Lipinski definition) is 1. The van der Waals surface area contributed by atoms with Gasteiger partial charge < -0.3 is 15.4 Å². The number of nitrogens with zero attached hydrogens (tertiary/aromatic N) is 1. The van der Waals surface area contributed by atoms with Crippen LogP contribution in [0.5, 0.6) is 0 Å². The molecule has 2 rings (SSSR count). The second-order valence-corrected chi connectivity index (χ2v) is 4.79. The van der Waals surface area contributed by atoms with Crippen molar-refractivity contribution >= 4 is 5.91 Å². The lowest BCUT2D eigenvalue weighted by Crippen LogP contribution is -2.53. The van der Waals surface area contributed by atoms with Crippen LogP contribution in [0.1, 0.15) is 19.3 Å². The van der Waals surface area contributed by atoms with E-state index in [-0.39, 0.29) is 31.2 Å². The molecule has 6 heteroatoms. The van der Waals surface area contributed by atoms with Gasteiger partial charge in [-0.05, 0) is 6.42 Å². The molecule has 2 N–H and O–H groups in total. The molecule has 0 aromatic carbocycles. The van der Waals surface area contributed by atoms with Gasteiger partial charge in [-0.25, -0.2) is 8.78 Å². The third-order valence-electron chi connectivity index (χ3n) is 3.54. The highest BCUT2D eigenvalue weighted by Crippen LogP contribution is 2.39. The number of amides is 1. The van der Waals surface area contributed by atoms with E-state index < -0.39 is 11.8 Å². The Hall–Kier alpha value is -0.750. The van der Waals surface area contributed by atoms with Gasteiger partial charge in [-0.15, -0.1) is 0 Å². The topological polar surface area (TPSA) is 55.6 Å². The number of carbonyl (C=O) groups excluding carboxylic acids is 1. The van der Waals surface area contributed by atoms with Gasteiger partial charge in [0.2, 0.25) is 11.8 Å². The van der Waals surface area contributed by atoms with Gasteiger partial charge in [-0.1, -0.05) is 0 Å². The summed E-state index contributed by atoms with van der Waals surface area (Å²) < 4.78 is 31.4. The second kappa shape index (κ2) is 4.86. The van der Waals surface area contributed by atoms with Crippen LogP contribution in [-0.2, 0) is 9.53 Å². The van der Waals surface area contributed by atoms with E-state index in [1.165, 1.54) is 0 Å². The van der Waals surface area contributed by atoms with Gasteiger partial charge in [0.1, 0.15) is 0 Å². The van der Waals surface area contributed by atoms with Gasteiger partial charge in [-0.2, -0.15) is 0 Å². The van der Waals surface area contributed by atoms with Crippen molar-refractivity contribution in [3.8, 4) is 0 Å². The van der Waals surface area contributed by atoms with Crippen LogP contribution in [0.25, 0.3) is 0 Å². The van der Waals surface area contributed by atoms with Gasteiger partial charge in [0.15, 0.2) is 0 Å². The number of hydrogen-bond acceptors (Lipinski definition) is 3. The average Bonchev–Trinajstić information content (AvgIpc) is 2.68. The summed E-state index contributed by atoms with van der Waals surface area (Å²) in [5, 5.41) is 0. The minimum absolute atomic E-state index is 0.162. The SMILES string of the molecule is NCC1COCCN1C(=O)C1CCC(F)(F)C1. The molecule has 2 unspecified atom stereocenters. The molecule has 2 atom stereocenters. The molecule has 1 heterocycles. The third-order valence-corrected chi connectivity index (χ3v) is 3.54. The summed E-state index contributed by atoms with van der Waals surface area (Å²) in [5.41, 5.74) is 5.56. The van der Waals surface area contributed by atoms with Gasteiger partial charge in [0, 0.05) is 31.8 Å². The number of morpholine rings is 1. The number of nitrogens with two attached hydrogens (primary N) is 1. The first-order valence-electron chi connectivity index (χ1n) is 5.99. The zero-order chi connectivity index (χ0) is 12.5. The molecule has 2 aliphatic rings. The number of halogens is 2. The van der Waals surface area contributed by atoms with E-state index in [9.17, 15) is 13.6 Å². The van der Waals surface area contributed by atoms with Crippen molar-refractivity contribution in [2.45, 2.75) is 31.2 Å². The van der Waals surface area contributed by atoms with E-state index in [0.717, 1.165) is 0 Å². The summed E-state index contributed by atoms with van der Waals surface area (Å²) in [5.74, 6) is -3.40. The zero-order valence-corrected chi connectivity index (χ0v) is 9.70. The maximum atomic E-state index is 13.1. The Balaban J connectivity index is 1.99. The molecular formula is C11H18F2N2O2. The van der Waals surface area contributed by atoms with Crippen molar-refractivity contribution < 1.29 is 18.3 Å². The molecule has 0 aromatic rings. The van der Waals surface area contributed by atoms with Crippen LogP contribution in [0.3, 0.4) is 0 Å². The summed E-state index contributed by atoms with van der Waals surface area (Å²) in [6, 6.07) is -0.162. The van der Waals surface area contributed by atoms with Gasteiger partial charge in [0.05, 0.1) is 19.3 Å². The summed E-state index contributed by atoms with van der Waals surface area (Å²) in [6.45, 7) is 1.65. The quantitative estimate of drug-likeness (QED) is 0.779. The van der Waals surface area contributed by atoms with Crippen molar-refractivity contribution in [3.05, 3.63) is 0 Å².